The van der Waals surface area contributed by atoms with Gasteiger partial charge in [-0.1, -0.05) is 50.3 Å². The third-order valence-corrected chi connectivity index (χ3v) is 5.75. The number of nitrogens with one attached hydrogen (secondary N) is 1. The van der Waals surface area contributed by atoms with Crippen molar-refractivity contribution in [3.8, 4) is 0 Å². The highest BCUT2D eigenvalue weighted by Crippen LogP contribution is 2.36. The molecule has 1 atom stereocenters. The SMILES string of the molecule is c1ccc2c(c1)SCCC2NCCC1CCCCC1. The number of fused-ring (bicyclic) bond motifs is 1. The van der Waals surface area contributed by atoms with E-state index in [1.54, 1.807) is 0 Å². The van der Waals surface area contributed by atoms with Crippen molar-refractivity contribution < 1.29 is 0 Å². The van der Waals surface area contributed by atoms with Gasteiger partial charge in [-0.3, -0.25) is 0 Å². The van der Waals surface area contributed by atoms with Crippen molar-refractivity contribution >= 4 is 11.8 Å². The maximum Gasteiger partial charge on any atom is 0.0339 e. The van der Waals surface area contributed by atoms with Crippen molar-refractivity contribution in [2.24, 2.45) is 5.92 Å². The lowest BCUT2D eigenvalue weighted by Gasteiger charge is -2.27. The Balaban J connectivity index is 1.50. The zero-order valence-corrected chi connectivity index (χ0v) is 12.6. The highest BCUT2D eigenvalue weighted by molar-refractivity contribution is 7.99. The van der Waals surface area contributed by atoms with Crippen LogP contribution in [0.4, 0.5) is 0 Å². The van der Waals surface area contributed by atoms with Gasteiger partial charge in [0.15, 0.2) is 0 Å². The Bertz CT molecular complexity index is 398. The van der Waals surface area contributed by atoms with E-state index in [2.05, 4.69) is 29.6 Å². The molecule has 1 unspecified atom stereocenters. The second-order valence-corrected chi connectivity index (χ2v) is 7.11. The van der Waals surface area contributed by atoms with Crippen LogP contribution in [-0.2, 0) is 0 Å². The number of hydrogen-bond acceptors (Lipinski definition) is 2. The Morgan fingerprint density at radius 1 is 1.05 bits per heavy atom. The minimum absolute atomic E-state index is 0.598. The second kappa shape index (κ2) is 6.81. The summed E-state index contributed by atoms with van der Waals surface area (Å²) in [6.07, 6.45) is 10.0. The minimum atomic E-state index is 0.598. The van der Waals surface area contributed by atoms with E-state index in [9.17, 15) is 0 Å². The fraction of sp³-hybridized carbons (Fsp3) is 0.647. The fourth-order valence-corrected chi connectivity index (χ4v) is 4.62. The van der Waals surface area contributed by atoms with E-state index in [0.717, 1.165) is 5.92 Å². The summed E-state index contributed by atoms with van der Waals surface area (Å²) < 4.78 is 0. The number of hydrogen-bond donors (Lipinski definition) is 1. The largest absolute Gasteiger partial charge is 0.310 e. The van der Waals surface area contributed by atoms with Crippen LogP contribution in [0.1, 0.15) is 56.6 Å². The van der Waals surface area contributed by atoms with E-state index >= 15 is 0 Å². The summed E-state index contributed by atoms with van der Waals surface area (Å²) in [5.41, 5.74) is 1.53. The highest BCUT2D eigenvalue weighted by Gasteiger charge is 2.20. The molecule has 1 aliphatic carbocycles. The molecule has 0 radical (unpaired) electrons. The molecule has 3 rings (SSSR count). The summed E-state index contributed by atoms with van der Waals surface area (Å²) in [6, 6.07) is 9.52. The van der Waals surface area contributed by atoms with Gasteiger partial charge in [-0.05, 0) is 42.7 Å². The van der Waals surface area contributed by atoms with Crippen molar-refractivity contribution in [2.45, 2.75) is 55.9 Å². The maximum absolute atomic E-state index is 3.81. The monoisotopic (exact) mass is 275 g/mol. The minimum Gasteiger partial charge on any atom is -0.310 e. The van der Waals surface area contributed by atoms with Gasteiger partial charge < -0.3 is 5.32 Å². The van der Waals surface area contributed by atoms with E-state index in [1.807, 2.05) is 11.8 Å². The lowest BCUT2D eigenvalue weighted by Crippen LogP contribution is -2.27. The molecule has 104 valence electrons. The van der Waals surface area contributed by atoms with Crippen molar-refractivity contribution in [2.75, 3.05) is 12.3 Å². The van der Waals surface area contributed by atoms with Gasteiger partial charge >= 0.3 is 0 Å². The summed E-state index contributed by atoms with van der Waals surface area (Å²) in [5.74, 6) is 2.26. The van der Waals surface area contributed by atoms with E-state index < -0.39 is 0 Å². The van der Waals surface area contributed by atoms with Gasteiger partial charge in [0.05, 0.1) is 0 Å². The lowest BCUT2D eigenvalue weighted by atomic mass is 9.87. The quantitative estimate of drug-likeness (QED) is 0.848. The first kappa shape index (κ1) is 13.5. The molecule has 1 heterocycles. The number of thioether (sulfide) groups is 1. The number of benzene rings is 1. The molecule has 2 heteroatoms. The molecule has 0 spiro atoms. The summed E-state index contributed by atoms with van der Waals surface area (Å²) in [5, 5.41) is 3.81. The zero-order chi connectivity index (χ0) is 12.9. The Morgan fingerprint density at radius 2 is 1.89 bits per heavy atom. The summed E-state index contributed by atoms with van der Waals surface area (Å²) in [4.78, 5) is 1.49. The first-order valence-corrected chi connectivity index (χ1v) is 8.87. The van der Waals surface area contributed by atoms with Gasteiger partial charge in [0.1, 0.15) is 0 Å². The predicted octanol–water partition coefficient (Wildman–Crippen LogP) is 4.78. The third-order valence-electron chi connectivity index (χ3n) is 4.63. The molecule has 1 aromatic carbocycles. The standard InChI is InChI=1S/C17H25NS/c1-2-6-14(7-3-1)10-12-18-16-11-13-19-17-9-5-4-8-15(16)17/h4-5,8-9,14,16,18H,1-3,6-7,10-13H2. The lowest BCUT2D eigenvalue weighted by molar-refractivity contribution is 0.326. The van der Waals surface area contributed by atoms with Crippen molar-refractivity contribution in [3.05, 3.63) is 29.8 Å². The molecule has 1 saturated carbocycles. The van der Waals surface area contributed by atoms with Crippen LogP contribution in [0.3, 0.4) is 0 Å². The van der Waals surface area contributed by atoms with Gasteiger partial charge in [-0.15, -0.1) is 11.8 Å². The summed E-state index contributed by atoms with van der Waals surface area (Å²) >= 11 is 2.01. The molecule has 1 N–H and O–H groups in total. The molecule has 2 aliphatic rings. The summed E-state index contributed by atoms with van der Waals surface area (Å²) in [7, 11) is 0. The average molecular weight is 275 g/mol. The molecule has 0 saturated heterocycles. The highest BCUT2D eigenvalue weighted by atomic mass is 32.2. The van der Waals surface area contributed by atoms with Gasteiger partial charge in [0.25, 0.3) is 0 Å². The van der Waals surface area contributed by atoms with Gasteiger partial charge in [-0.25, -0.2) is 0 Å². The fourth-order valence-electron chi connectivity index (χ4n) is 3.49. The van der Waals surface area contributed by atoms with Crippen LogP contribution in [0.5, 0.6) is 0 Å². The zero-order valence-electron chi connectivity index (χ0n) is 11.7. The Labute approximate surface area is 121 Å². The Hall–Kier alpha value is -0.470. The first-order valence-electron chi connectivity index (χ1n) is 7.88. The van der Waals surface area contributed by atoms with Crippen LogP contribution in [0.15, 0.2) is 29.2 Å². The van der Waals surface area contributed by atoms with Crippen molar-refractivity contribution in [1.29, 1.82) is 0 Å². The van der Waals surface area contributed by atoms with Crippen LogP contribution in [0, 0.1) is 5.92 Å². The van der Waals surface area contributed by atoms with Crippen LogP contribution < -0.4 is 5.32 Å². The topological polar surface area (TPSA) is 12.0 Å². The molecule has 1 aliphatic heterocycles. The molecule has 0 amide bonds. The van der Waals surface area contributed by atoms with Crippen LogP contribution >= 0.6 is 11.8 Å². The molecular weight excluding hydrogens is 250 g/mol. The number of rotatable bonds is 4. The Morgan fingerprint density at radius 3 is 2.79 bits per heavy atom. The summed E-state index contributed by atoms with van der Waals surface area (Å²) in [6.45, 7) is 1.20. The molecule has 0 bridgehead atoms. The maximum atomic E-state index is 3.81. The molecular formula is C17H25NS. The Kier molecular flexibility index (Phi) is 4.84. The van der Waals surface area contributed by atoms with Gasteiger partial charge in [0.2, 0.25) is 0 Å². The average Bonchev–Trinajstić information content (AvgIpc) is 2.49. The van der Waals surface area contributed by atoms with E-state index in [-0.39, 0.29) is 0 Å². The normalized spacial score (nSPS) is 24.1. The molecule has 1 fully saturated rings. The first-order chi connectivity index (χ1) is 9.43. The molecule has 1 aromatic rings. The smallest absolute Gasteiger partial charge is 0.0339 e. The van der Waals surface area contributed by atoms with Crippen LogP contribution in [0.25, 0.3) is 0 Å². The molecule has 0 aromatic heterocycles. The molecule has 1 nitrogen and oxygen atoms in total. The second-order valence-electron chi connectivity index (χ2n) is 5.97. The van der Waals surface area contributed by atoms with E-state index in [1.165, 1.54) is 67.7 Å². The van der Waals surface area contributed by atoms with E-state index in [0.29, 0.717) is 6.04 Å². The predicted molar refractivity (Wildman–Crippen MR) is 83.7 cm³/mol. The van der Waals surface area contributed by atoms with Crippen LogP contribution in [-0.4, -0.2) is 12.3 Å². The van der Waals surface area contributed by atoms with E-state index in [4.69, 9.17) is 0 Å². The van der Waals surface area contributed by atoms with Crippen molar-refractivity contribution in [3.63, 3.8) is 0 Å². The van der Waals surface area contributed by atoms with Crippen molar-refractivity contribution in [1.82, 2.24) is 5.32 Å². The third kappa shape index (κ3) is 3.55. The van der Waals surface area contributed by atoms with Gasteiger partial charge in [0, 0.05) is 10.9 Å². The molecule has 19 heavy (non-hydrogen) atoms. The van der Waals surface area contributed by atoms with Gasteiger partial charge in [-0.2, -0.15) is 0 Å². The van der Waals surface area contributed by atoms with Crippen LogP contribution in [0.2, 0.25) is 0 Å².